The molecule has 148 valence electrons. The summed E-state index contributed by atoms with van der Waals surface area (Å²) < 4.78 is 5.06. The van der Waals surface area contributed by atoms with E-state index in [2.05, 4.69) is 10.6 Å². The molecule has 0 aromatic carbocycles. The third-order valence-electron chi connectivity index (χ3n) is 3.59. The van der Waals surface area contributed by atoms with E-state index in [1.807, 2.05) is 13.8 Å². The van der Waals surface area contributed by atoms with Crippen molar-refractivity contribution < 1.29 is 28.7 Å². The molecule has 1 heterocycles. The average molecular weight is 379 g/mol. The average Bonchev–Trinajstić information content (AvgIpc) is 3.08. The van der Waals surface area contributed by atoms with Crippen molar-refractivity contribution >= 4 is 29.8 Å². The van der Waals surface area contributed by atoms with Crippen molar-refractivity contribution in [3.63, 3.8) is 0 Å². The molecule has 0 unspecified atom stereocenters. The van der Waals surface area contributed by atoms with E-state index in [-0.39, 0.29) is 18.8 Å². The number of carbonyl (C=O) groups is 4. The molecule has 27 heavy (non-hydrogen) atoms. The minimum Gasteiger partial charge on any atom is -0.481 e. The fourth-order valence-electron chi connectivity index (χ4n) is 2.29. The lowest BCUT2D eigenvalue weighted by atomic mass is 10.0. The largest absolute Gasteiger partial charge is 0.481 e. The highest BCUT2D eigenvalue weighted by molar-refractivity contribution is 5.96. The van der Waals surface area contributed by atoms with Crippen LogP contribution in [0, 0.1) is 5.92 Å². The van der Waals surface area contributed by atoms with E-state index >= 15 is 0 Å². The van der Waals surface area contributed by atoms with E-state index in [1.54, 1.807) is 12.1 Å². The van der Waals surface area contributed by atoms with Crippen LogP contribution in [0.3, 0.4) is 0 Å². The fourth-order valence-corrected chi connectivity index (χ4v) is 2.29. The predicted molar refractivity (Wildman–Crippen MR) is 97.1 cm³/mol. The Kier molecular flexibility index (Phi) is 8.77. The van der Waals surface area contributed by atoms with Crippen LogP contribution in [0.1, 0.15) is 38.9 Å². The molecule has 0 saturated carbocycles. The SMILES string of the molecule is CC(C)C[C@H](NC(=O)[C@H](CCC(=O)O)NC(=O)C=Cc1ccco1)C(N)=O. The van der Waals surface area contributed by atoms with Crippen molar-refractivity contribution in [3.05, 3.63) is 30.2 Å². The van der Waals surface area contributed by atoms with Crippen molar-refractivity contribution in [1.82, 2.24) is 10.6 Å². The first-order valence-corrected chi connectivity index (χ1v) is 8.52. The molecule has 0 aliphatic rings. The smallest absolute Gasteiger partial charge is 0.303 e. The number of carboxylic acids is 1. The summed E-state index contributed by atoms with van der Waals surface area (Å²) >= 11 is 0. The molecule has 2 atom stereocenters. The molecule has 0 fully saturated rings. The summed E-state index contributed by atoms with van der Waals surface area (Å²) in [5.41, 5.74) is 5.30. The molecule has 0 saturated heterocycles. The lowest BCUT2D eigenvalue weighted by molar-refractivity contribution is -0.138. The topological polar surface area (TPSA) is 152 Å². The van der Waals surface area contributed by atoms with Crippen LogP contribution in [-0.2, 0) is 19.2 Å². The van der Waals surface area contributed by atoms with Gasteiger partial charge in [-0.15, -0.1) is 0 Å². The lowest BCUT2D eigenvalue weighted by Crippen LogP contribution is -2.53. The van der Waals surface area contributed by atoms with E-state index in [0.29, 0.717) is 12.2 Å². The van der Waals surface area contributed by atoms with Gasteiger partial charge in [0.25, 0.3) is 0 Å². The minimum absolute atomic E-state index is 0.103. The molecule has 0 spiro atoms. The van der Waals surface area contributed by atoms with Crippen LogP contribution in [0.2, 0.25) is 0 Å². The molecule has 3 amide bonds. The van der Waals surface area contributed by atoms with Gasteiger partial charge in [-0.3, -0.25) is 19.2 Å². The van der Waals surface area contributed by atoms with Crippen LogP contribution in [0.4, 0.5) is 0 Å². The van der Waals surface area contributed by atoms with Crippen molar-refractivity contribution in [1.29, 1.82) is 0 Å². The summed E-state index contributed by atoms with van der Waals surface area (Å²) in [6.45, 7) is 3.73. The summed E-state index contributed by atoms with van der Waals surface area (Å²) in [5, 5.41) is 13.8. The number of amides is 3. The number of aliphatic carboxylic acids is 1. The Bertz CT molecular complexity index is 681. The standard InChI is InChI=1S/C18H25N3O6/c1-11(2)10-14(17(19)25)21-18(26)13(6-8-16(23)24)20-15(22)7-5-12-4-3-9-27-12/h3-5,7,9,11,13-14H,6,8,10H2,1-2H3,(H2,19,25)(H,20,22)(H,21,26)(H,23,24)/t13-,14-/m0/s1. The number of carbonyl (C=O) groups excluding carboxylic acids is 3. The molecule has 1 aromatic heterocycles. The lowest BCUT2D eigenvalue weighted by Gasteiger charge is -2.22. The van der Waals surface area contributed by atoms with Crippen molar-refractivity contribution in [3.8, 4) is 0 Å². The number of nitrogens with one attached hydrogen (secondary N) is 2. The van der Waals surface area contributed by atoms with Crippen LogP contribution < -0.4 is 16.4 Å². The number of hydrogen-bond donors (Lipinski definition) is 4. The Morgan fingerprint density at radius 2 is 1.93 bits per heavy atom. The highest BCUT2D eigenvalue weighted by Gasteiger charge is 2.26. The first kappa shape index (κ1) is 21.9. The van der Waals surface area contributed by atoms with Crippen LogP contribution in [0.5, 0.6) is 0 Å². The molecule has 1 aromatic rings. The van der Waals surface area contributed by atoms with Gasteiger partial charge < -0.3 is 25.9 Å². The van der Waals surface area contributed by atoms with Crippen LogP contribution >= 0.6 is 0 Å². The number of nitrogens with two attached hydrogens (primary N) is 1. The minimum atomic E-state index is -1.12. The zero-order valence-electron chi connectivity index (χ0n) is 15.3. The molecule has 0 aliphatic carbocycles. The monoisotopic (exact) mass is 379 g/mol. The Balaban J connectivity index is 2.78. The molecule has 9 heteroatoms. The Labute approximate surface area is 157 Å². The van der Waals surface area contributed by atoms with Crippen LogP contribution in [-0.4, -0.2) is 40.9 Å². The maximum absolute atomic E-state index is 12.5. The zero-order chi connectivity index (χ0) is 20.4. The summed E-state index contributed by atoms with van der Waals surface area (Å²) in [7, 11) is 0. The first-order valence-electron chi connectivity index (χ1n) is 8.52. The number of furan rings is 1. The summed E-state index contributed by atoms with van der Waals surface area (Å²) in [6.07, 6.45) is 3.89. The van der Waals surface area contributed by atoms with Gasteiger partial charge in [0.1, 0.15) is 17.8 Å². The Morgan fingerprint density at radius 1 is 1.22 bits per heavy atom. The highest BCUT2D eigenvalue weighted by atomic mass is 16.4. The number of rotatable bonds is 11. The molecular formula is C18H25N3O6. The quantitative estimate of drug-likeness (QED) is 0.414. The Hall–Kier alpha value is -3.10. The first-order chi connectivity index (χ1) is 12.7. The third kappa shape index (κ3) is 8.70. The Morgan fingerprint density at radius 3 is 2.44 bits per heavy atom. The summed E-state index contributed by atoms with van der Waals surface area (Å²) in [6, 6.07) is 1.27. The molecule has 0 bridgehead atoms. The van der Waals surface area contributed by atoms with E-state index in [9.17, 15) is 19.2 Å². The highest BCUT2D eigenvalue weighted by Crippen LogP contribution is 2.07. The van der Waals surface area contributed by atoms with Gasteiger partial charge in [0, 0.05) is 12.5 Å². The van der Waals surface area contributed by atoms with Gasteiger partial charge in [0.2, 0.25) is 17.7 Å². The maximum Gasteiger partial charge on any atom is 0.303 e. The van der Waals surface area contributed by atoms with Crippen molar-refractivity contribution in [2.45, 2.75) is 45.2 Å². The molecule has 9 nitrogen and oxygen atoms in total. The molecule has 1 rings (SSSR count). The van der Waals surface area contributed by atoms with Crippen LogP contribution in [0.25, 0.3) is 6.08 Å². The molecule has 5 N–H and O–H groups in total. The number of primary amides is 1. The van der Waals surface area contributed by atoms with E-state index < -0.39 is 35.8 Å². The molecule has 0 radical (unpaired) electrons. The van der Waals surface area contributed by atoms with Gasteiger partial charge in [-0.05, 0) is 37.0 Å². The number of carboxylic acid groups (broad SMARTS) is 1. The van der Waals surface area contributed by atoms with Crippen molar-refractivity contribution in [2.24, 2.45) is 11.7 Å². The summed E-state index contributed by atoms with van der Waals surface area (Å²) in [5.74, 6) is -2.52. The van der Waals surface area contributed by atoms with Crippen LogP contribution in [0.15, 0.2) is 28.9 Å². The zero-order valence-corrected chi connectivity index (χ0v) is 15.3. The van der Waals surface area contributed by atoms with Gasteiger partial charge in [-0.25, -0.2) is 0 Å². The summed E-state index contributed by atoms with van der Waals surface area (Å²) in [4.78, 5) is 46.8. The fraction of sp³-hybridized carbons (Fsp3) is 0.444. The molecular weight excluding hydrogens is 354 g/mol. The van der Waals surface area contributed by atoms with E-state index in [0.717, 1.165) is 0 Å². The molecule has 0 aliphatic heterocycles. The van der Waals surface area contributed by atoms with Crippen molar-refractivity contribution in [2.75, 3.05) is 0 Å². The van der Waals surface area contributed by atoms with Gasteiger partial charge in [-0.1, -0.05) is 13.8 Å². The second kappa shape index (κ2) is 10.8. The van der Waals surface area contributed by atoms with E-state index in [4.69, 9.17) is 15.3 Å². The van der Waals surface area contributed by atoms with Gasteiger partial charge in [0.05, 0.1) is 6.26 Å². The van der Waals surface area contributed by atoms with Gasteiger partial charge >= 0.3 is 5.97 Å². The number of hydrogen-bond acceptors (Lipinski definition) is 5. The normalized spacial score (nSPS) is 13.3. The predicted octanol–water partition coefficient (Wildman–Crippen LogP) is 0.659. The van der Waals surface area contributed by atoms with Gasteiger partial charge in [-0.2, -0.15) is 0 Å². The second-order valence-electron chi connectivity index (χ2n) is 6.44. The van der Waals surface area contributed by atoms with Gasteiger partial charge in [0.15, 0.2) is 0 Å². The second-order valence-corrected chi connectivity index (χ2v) is 6.44. The third-order valence-corrected chi connectivity index (χ3v) is 3.59. The maximum atomic E-state index is 12.5. The van der Waals surface area contributed by atoms with E-state index in [1.165, 1.54) is 18.4 Å².